The molecule has 1 aliphatic rings. The van der Waals surface area contributed by atoms with Crippen molar-refractivity contribution in [2.75, 3.05) is 30.4 Å². The molecular weight excluding hydrogens is 262 g/mol. The van der Waals surface area contributed by atoms with E-state index in [1.807, 2.05) is 0 Å². The number of nitro groups is 1. The summed E-state index contributed by atoms with van der Waals surface area (Å²) in [5.41, 5.74) is 2.12. The third kappa shape index (κ3) is 3.52. The van der Waals surface area contributed by atoms with Gasteiger partial charge in [0.2, 0.25) is 11.8 Å². The van der Waals surface area contributed by atoms with Crippen LogP contribution >= 0.6 is 0 Å². The molecule has 0 aromatic carbocycles. The van der Waals surface area contributed by atoms with Crippen LogP contribution in [0.1, 0.15) is 19.8 Å². The van der Waals surface area contributed by atoms with E-state index in [2.05, 4.69) is 32.5 Å². The molecule has 0 bridgehead atoms. The molecule has 0 radical (unpaired) electrons. The predicted octanol–water partition coefficient (Wildman–Crippen LogP) is 0.567. The summed E-state index contributed by atoms with van der Waals surface area (Å²) in [5, 5.41) is 13.9. The maximum Gasteiger partial charge on any atom is 0.329 e. The van der Waals surface area contributed by atoms with Gasteiger partial charge in [0.15, 0.2) is 0 Å². The molecule has 1 heterocycles. The van der Waals surface area contributed by atoms with Gasteiger partial charge >= 0.3 is 5.69 Å². The highest BCUT2D eigenvalue weighted by molar-refractivity contribution is 5.56. The first kappa shape index (κ1) is 14.4. The van der Waals surface area contributed by atoms with Crippen molar-refractivity contribution in [3.05, 3.63) is 16.3 Å². The first-order valence-electron chi connectivity index (χ1n) is 6.61. The Morgan fingerprint density at radius 2 is 2.35 bits per heavy atom. The fourth-order valence-corrected chi connectivity index (χ4v) is 2.07. The molecule has 9 heteroatoms. The Bertz CT molecular complexity index is 478. The van der Waals surface area contributed by atoms with Gasteiger partial charge in [0.05, 0.1) is 4.92 Å². The second-order valence-electron chi connectivity index (χ2n) is 4.62. The van der Waals surface area contributed by atoms with Crippen LogP contribution in [0.4, 0.5) is 17.5 Å². The Kier molecular flexibility index (Phi) is 4.64. The number of nitrogen functional groups attached to an aromatic ring is 1. The van der Waals surface area contributed by atoms with Crippen molar-refractivity contribution in [3.8, 4) is 0 Å². The normalized spacial score (nSPS) is 14.3. The summed E-state index contributed by atoms with van der Waals surface area (Å²) in [6.07, 6.45) is 3.62. The third-order valence-electron chi connectivity index (χ3n) is 3.26. The molecule has 2 rings (SSSR count). The van der Waals surface area contributed by atoms with Crippen LogP contribution in [0.2, 0.25) is 0 Å². The molecule has 1 aliphatic carbocycles. The van der Waals surface area contributed by atoms with Crippen LogP contribution < -0.4 is 16.6 Å². The van der Waals surface area contributed by atoms with Gasteiger partial charge in [0.25, 0.3) is 0 Å². The zero-order valence-corrected chi connectivity index (χ0v) is 11.4. The van der Waals surface area contributed by atoms with Crippen molar-refractivity contribution in [3.63, 3.8) is 0 Å². The smallest absolute Gasteiger partial charge is 0.329 e. The van der Waals surface area contributed by atoms with Gasteiger partial charge in [-0.05, 0) is 19.4 Å². The Balaban J connectivity index is 1.97. The van der Waals surface area contributed by atoms with Crippen LogP contribution in [-0.4, -0.2) is 45.5 Å². The summed E-state index contributed by atoms with van der Waals surface area (Å²) < 4.78 is 0. The monoisotopic (exact) mass is 281 g/mol. The Labute approximate surface area is 116 Å². The number of aromatic nitrogens is 2. The molecule has 0 atom stereocenters. The van der Waals surface area contributed by atoms with E-state index in [4.69, 9.17) is 5.84 Å². The van der Waals surface area contributed by atoms with E-state index >= 15 is 0 Å². The average Bonchev–Trinajstić information content (AvgIpc) is 3.27. The van der Waals surface area contributed by atoms with Crippen LogP contribution in [0, 0.1) is 10.1 Å². The van der Waals surface area contributed by atoms with Crippen LogP contribution in [0.3, 0.4) is 0 Å². The highest BCUT2D eigenvalue weighted by Gasteiger charge is 2.27. The quantitative estimate of drug-likeness (QED) is 0.359. The van der Waals surface area contributed by atoms with Gasteiger partial charge in [-0.25, -0.2) is 10.8 Å². The summed E-state index contributed by atoms with van der Waals surface area (Å²) in [6, 6.07) is 0.670. The zero-order chi connectivity index (χ0) is 14.5. The van der Waals surface area contributed by atoms with Gasteiger partial charge in [-0.1, -0.05) is 6.92 Å². The lowest BCUT2D eigenvalue weighted by Crippen LogP contribution is -2.31. The van der Waals surface area contributed by atoms with E-state index in [0.29, 0.717) is 12.6 Å². The molecule has 4 N–H and O–H groups in total. The van der Waals surface area contributed by atoms with Gasteiger partial charge in [0.1, 0.15) is 6.20 Å². The molecular formula is C11H19N7O2. The molecule has 0 unspecified atom stereocenters. The summed E-state index contributed by atoms with van der Waals surface area (Å²) in [5.74, 6) is 5.54. The number of nitrogens with zero attached hydrogens (tertiary/aromatic N) is 4. The lowest BCUT2D eigenvalue weighted by Gasteiger charge is -2.19. The number of nitrogens with one attached hydrogen (secondary N) is 2. The molecule has 0 aliphatic heterocycles. The number of hydrazine groups is 1. The Morgan fingerprint density at radius 3 is 2.90 bits per heavy atom. The number of nitrogens with two attached hydrogens (primary N) is 1. The minimum atomic E-state index is -0.513. The lowest BCUT2D eigenvalue weighted by molar-refractivity contribution is -0.384. The molecule has 0 saturated heterocycles. The highest BCUT2D eigenvalue weighted by atomic mass is 16.6. The van der Waals surface area contributed by atoms with E-state index in [1.165, 1.54) is 12.8 Å². The van der Waals surface area contributed by atoms with Crippen molar-refractivity contribution in [1.82, 2.24) is 14.9 Å². The van der Waals surface area contributed by atoms with Crippen molar-refractivity contribution in [1.29, 1.82) is 0 Å². The number of likely N-dealkylation sites (N-methyl/N-ethyl adjacent to an activating group) is 1. The third-order valence-corrected chi connectivity index (χ3v) is 3.26. The van der Waals surface area contributed by atoms with Crippen LogP contribution in [0.25, 0.3) is 0 Å². The lowest BCUT2D eigenvalue weighted by atomic mass is 10.4. The van der Waals surface area contributed by atoms with Gasteiger partial charge in [-0.3, -0.25) is 20.4 Å². The Hall–Kier alpha value is -2.00. The van der Waals surface area contributed by atoms with Crippen LogP contribution in [-0.2, 0) is 0 Å². The first-order chi connectivity index (χ1) is 9.65. The summed E-state index contributed by atoms with van der Waals surface area (Å²) in [4.78, 5) is 20.5. The minimum Gasteiger partial charge on any atom is -0.363 e. The topological polar surface area (TPSA) is 122 Å². The van der Waals surface area contributed by atoms with Gasteiger partial charge < -0.3 is 5.32 Å². The summed E-state index contributed by atoms with van der Waals surface area (Å²) in [6.45, 7) is 4.51. The molecule has 0 amide bonds. The van der Waals surface area contributed by atoms with E-state index < -0.39 is 4.92 Å². The van der Waals surface area contributed by atoms with Crippen molar-refractivity contribution in [2.45, 2.75) is 25.8 Å². The summed E-state index contributed by atoms with van der Waals surface area (Å²) >= 11 is 0. The van der Waals surface area contributed by atoms with Crippen molar-refractivity contribution in [2.24, 2.45) is 5.84 Å². The van der Waals surface area contributed by atoms with Crippen molar-refractivity contribution >= 4 is 17.5 Å². The molecule has 1 aromatic rings. The zero-order valence-electron chi connectivity index (χ0n) is 11.4. The van der Waals surface area contributed by atoms with E-state index in [0.717, 1.165) is 19.3 Å². The largest absolute Gasteiger partial charge is 0.363 e. The average molecular weight is 281 g/mol. The first-order valence-corrected chi connectivity index (χ1v) is 6.61. The number of anilines is 2. The molecule has 1 aromatic heterocycles. The molecule has 1 fully saturated rings. The van der Waals surface area contributed by atoms with E-state index in [9.17, 15) is 10.1 Å². The number of hydrogen-bond acceptors (Lipinski definition) is 8. The van der Waals surface area contributed by atoms with Crippen LogP contribution in [0.15, 0.2) is 6.20 Å². The summed E-state index contributed by atoms with van der Waals surface area (Å²) in [7, 11) is 0. The highest BCUT2D eigenvalue weighted by Crippen LogP contribution is 2.26. The molecule has 9 nitrogen and oxygen atoms in total. The molecule has 0 spiro atoms. The standard InChI is InChI=1S/C11H19N7O2/c1-2-17(8-3-4-8)6-5-13-10-9(18(19)20)7-14-11(15-10)16-12/h7-8H,2-6,12H2,1H3,(H2,13,14,15,16). The molecule has 20 heavy (non-hydrogen) atoms. The number of rotatable bonds is 8. The van der Waals surface area contributed by atoms with Gasteiger partial charge in [0, 0.05) is 19.1 Å². The second kappa shape index (κ2) is 6.44. The molecule has 110 valence electrons. The van der Waals surface area contributed by atoms with E-state index in [1.54, 1.807) is 0 Å². The predicted molar refractivity (Wildman–Crippen MR) is 75.3 cm³/mol. The Morgan fingerprint density at radius 1 is 1.60 bits per heavy atom. The van der Waals surface area contributed by atoms with Crippen LogP contribution in [0.5, 0.6) is 0 Å². The maximum atomic E-state index is 10.9. The second-order valence-corrected chi connectivity index (χ2v) is 4.62. The maximum absolute atomic E-state index is 10.9. The van der Waals surface area contributed by atoms with Crippen molar-refractivity contribution < 1.29 is 4.92 Å². The van der Waals surface area contributed by atoms with E-state index in [-0.39, 0.29) is 17.5 Å². The van der Waals surface area contributed by atoms with Gasteiger partial charge in [-0.15, -0.1) is 0 Å². The van der Waals surface area contributed by atoms with Gasteiger partial charge in [-0.2, -0.15) is 4.98 Å². The fourth-order valence-electron chi connectivity index (χ4n) is 2.07. The number of hydrogen-bond donors (Lipinski definition) is 3. The minimum absolute atomic E-state index is 0.146. The molecule has 1 saturated carbocycles. The fraction of sp³-hybridized carbons (Fsp3) is 0.636. The SMILES string of the molecule is CCN(CCNc1nc(NN)ncc1[N+](=O)[O-])C1CC1.